The molecule has 20 heavy (non-hydrogen) atoms. The minimum absolute atomic E-state index is 0.325. The Hall–Kier alpha value is -3.13. The number of rotatable bonds is 2. The van der Waals surface area contributed by atoms with E-state index in [2.05, 4.69) is 16.0 Å². The predicted molar refractivity (Wildman–Crippen MR) is 74.8 cm³/mol. The van der Waals surface area contributed by atoms with Gasteiger partial charge in [-0.1, -0.05) is 12.1 Å². The van der Waals surface area contributed by atoms with E-state index in [1.807, 2.05) is 18.2 Å². The van der Waals surface area contributed by atoms with Gasteiger partial charge in [-0.3, -0.25) is 4.79 Å². The predicted octanol–water partition coefficient (Wildman–Crippen LogP) is 2.20. The first-order chi connectivity index (χ1) is 9.69. The van der Waals surface area contributed by atoms with Crippen molar-refractivity contribution in [3.63, 3.8) is 0 Å². The number of primary amides is 1. The third kappa shape index (κ3) is 1.89. The Kier molecular flexibility index (Phi) is 2.70. The summed E-state index contributed by atoms with van der Waals surface area (Å²) >= 11 is 0. The molecule has 0 spiro atoms. The second-order valence-corrected chi connectivity index (χ2v) is 4.37. The normalized spacial score (nSPS) is 10.3. The number of imidazole rings is 1. The molecule has 96 valence electrons. The largest absolute Gasteiger partial charge is 0.366 e. The summed E-state index contributed by atoms with van der Waals surface area (Å²) in [6, 6.07) is 12.7. The van der Waals surface area contributed by atoms with Crippen molar-refractivity contribution in [3.05, 3.63) is 53.9 Å². The van der Waals surface area contributed by atoms with E-state index in [1.54, 1.807) is 18.5 Å². The number of fused-ring (bicyclic) bond motifs is 1. The third-order valence-electron chi connectivity index (χ3n) is 3.16. The summed E-state index contributed by atoms with van der Waals surface area (Å²) in [6.07, 6.45) is 1.62. The molecule has 2 aromatic carbocycles. The van der Waals surface area contributed by atoms with Crippen molar-refractivity contribution in [3.8, 4) is 17.2 Å². The highest BCUT2D eigenvalue weighted by atomic mass is 16.1. The zero-order chi connectivity index (χ0) is 14.1. The van der Waals surface area contributed by atoms with Gasteiger partial charge in [0.2, 0.25) is 5.91 Å². The average Bonchev–Trinajstić information content (AvgIpc) is 2.93. The molecule has 3 N–H and O–H groups in total. The van der Waals surface area contributed by atoms with Gasteiger partial charge in [0.15, 0.2) is 0 Å². The molecule has 0 bridgehead atoms. The molecule has 3 aromatic rings. The Bertz CT molecular complexity index is 858. The maximum absolute atomic E-state index is 11.2. The van der Waals surface area contributed by atoms with Crippen molar-refractivity contribution in [2.45, 2.75) is 0 Å². The van der Waals surface area contributed by atoms with Crippen LogP contribution in [0.5, 0.6) is 0 Å². The summed E-state index contributed by atoms with van der Waals surface area (Å²) in [5.74, 6) is -0.546. The van der Waals surface area contributed by atoms with E-state index in [-0.39, 0.29) is 0 Å². The molecular formula is C15H10N4O. The zero-order valence-electron chi connectivity index (χ0n) is 10.4. The monoisotopic (exact) mass is 262 g/mol. The Labute approximate surface area is 114 Å². The first kappa shape index (κ1) is 11.9. The third-order valence-corrected chi connectivity index (χ3v) is 3.16. The molecule has 0 unspecified atom stereocenters. The van der Waals surface area contributed by atoms with Gasteiger partial charge < -0.3 is 10.7 Å². The molecule has 0 fully saturated rings. The van der Waals surface area contributed by atoms with Crippen LogP contribution in [0.1, 0.15) is 15.9 Å². The second-order valence-electron chi connectivity index (χ2n) is 4.37. The van der Waals surface area contributed by atoms with Crippen LogP contribution in [0.15, 0.2) is 42.7 Å². The number of H-pyrrole nitrogens is 1. The van der Waals surface area contributed by atoms with Crippen LogP contribution in [-0.2, 0) is 0 Å². The van der Waals surface area contributed by atoms with Crippen LogP contribution < -0.4 is 5.73 Å². The SMILES string of the molecule is N#Cc1cc(C(N)=O)ccc1-c1ccc2[nH]cnc2c1. The molecule has 1 aromatic heterocycles. The molecule has 0 aliphatic carbocycles. The minimum atomic E-state index is -0.546. The van der Waals surface area contributed by atoms with Crippen molar-refractivity contribution >= 4 is 16.9 Å². The van der Waals surface area contributed by atoms with Crippen LogP contribution >= 0.6 is 0 Å². The van der Waals surface area contributed by atoms with E-state index in [0.717, 1.165) is 22.2 Å². The number of hydrogen-bond acceptors (Lipinski definition) is 3. The zero-order valence-corrected chi connectivity index (χ0v) is 10.4. The molecule has 3 rings (SSSR count). The van der Waals surface area contributed by atoms with Crippen LogP contribution in [0.2, 0.25) is 0 Å². The van der Waals surface area contributed by atoms with E-state index in [9.17, 15) is 10.1 Å². The lowest BCUT2D eigenvalue weighted by molar-refractivity contribution is 0.100. The van der Waals surface area contributed by atoms with Gasteiger partial charge in [-0.05, 0) is 35.4 Å². The highest BCUT2D eigenvalue weighted by Gasteiger charge is 2.09. The van der Waals surface area contributed by atoms with Gasteiger partial charge in [-0.25, -0.2) is 4.98 Å². The summed E-state index contributed by atoms with van der Waals surface area (Å²) in [6.45, 7) is 0. The minimum Gasteiger partial charge on any atom is -0.366 e. The Morgan fingerprint density at radius 1 is 1.25 bits per heavy atom. The van der Waals surface area contributed by atoms with E-state index in [0.29, 0.717) is 11.1 Å². The number of carbonyl (C=O) groups excluding carboxylic acids is 1. The molecule has 0 atom stereocenters. The fourth-order valence-corrected chi connectivity index (χ4v) is 2.14. The molecule has 0 radical (unpaired) electrons. The first-order valence-corrected chi connectivity index (χ1v) is 5.96. The quantitative estimate of drug-likeness (QED) is 0.741. The van der Waals surface area contributed by atoms with Gasteiger partial charge in [0.25, 0.3) is 0 Å². The molecule has 5 nitrogen and oxygen atoms in total. The van der Waals surface area contributed by atoms with Crippen molar-refractivity contribution in [1.82, 2.24) is 9.97 Å². The fraction of sp³-hybridized carbons (Fsp3) is 0. The molecule has 1 heterocycles. The van der Waals surface area contributed by atoms with Crippen LogP contribution in [0.4, 0.5) is 0 Å². The van der Waals surface area contributed by atoms with Crippen molar-refractivity contribution in [2.75, 3.05) is 0 Å². The molecule has 0 aliphatic rings. The molecule has 0 saturated heterocycles. The molecule has 5 heteroatoms. The van der Waals surface area contributed by atoms with Crippen LogP contribution in [0.3, 0.4) is 0 Å². The number of amides is 1. The van der Waals surface area contributed by atoms with Gasteiger partial charge in [-0.15, -0.1) is 0 Å². The Balaban J connectivity index is 2.18. The van der Waals surface area contributed by atoms with Crippen molar-refractivity contribution < 1.29 is 4.79 Å². The van der Waals surface area contributed by atoms with Crippen molar-refractivity contribution in [1.29, 1.82) is 5.26 Å². The Morgan fingerprint density at radius 3 is 2.85 bits per heavy atom. The highest BCUT2D eigenvalue weighted by molar-refractivity contribution is 5.94. The molecule has 1 amide bonds. The second kappa shape index (κ2) is 4.52. The van der Waals surface area contributed by atoms with E-state index in [1.165, 1.54) is 6.07 Å². The number of nitrogens with zero attached hydrogens (tertiary/aromatic N) is 2. The topological polar surface area (TPSA) is 95.6 Å². The summed E-state index contributed by atoms with van der Waals surface area (Å²) in [4.78, 5) is 18.4. The Morgan fingerprint density at radius 2 is 2.10 bits per heavy atom. The van der Waals surface area contributed by atoms with E-state index >= 15 is 0 Å². The maximum Gasteiger partial charge on any atom is 0.248 e. The number of carbonyl (C=O) groups is 1. The first-order valence-electron chi connectivity index (χ1n) is 5.96. The molecule has 0 aliphatic heterocycles. The number of nitriles is 1. The molecule has 0 saturated carbocycles. The fourth-order valence-electron chi connectivity index (χ4n) is 2.14. The number of nitrogens with one attached hydrogen (secondary N) is 1. The number of aromatic nitrogens is 2. The summed E-state index contributed by atoms with van der Waals surface area (Å²) in [7, 11) is 0. The highest BCUT2D eigenvalue weighted by Crippen LogP contribution is 2.26. The maximum atomic E-state index is 11.2. The van der Waals surface area contributed by atoms with E-state index in [4.69, 9.17) is 5.73 Å². The van der Waals surface area contributed by atoms with Gasteiger partial charge in [0.1, 0.15) is 0 Å². The van der Waals surface area contributed by atoms with E-state index < -0.39 is 5.91 Å². The molecular weight excluding hydrogens is 252 g/mol. The van der Waals surface area contributed by atoms with Crippen molar-refractivity contribution in [2.24, 2.45) is 5.73 Å². The summed E-state index contributed by atoms with van der Waals surface area (Å²) < 4.78 is 0. The summed E-state index contributed by atoms with van der Waals surface area (Å²) in [5, 5.41) is 9.24. The van der Waals surface area contributed by atoms with Crippen LogP contribution in [0, 0.1) is 11.3 Å². The number of benzene rings is 2. The lowest BCUT2D eigenvalue weighted by atomic mass is 9.97. The lowest BCUT2D eigenvalue weighted by Crippen LogP contribution is -2.11. The number of aromatic amines is 1. The number of hydrogen-bond donors (Lipinski definition) is 2. The summed E-state index contributed by atoms with van der Waals surface area (Å²) in [5.41, 5.74) is 9.34. The lowest BCUT2D eigenvalue weighted by Gasteiger charge is -2.06. The van der Waals surface area contributed by atoms with Gasteiger partial charge >= 0.3 is 0 Å². The average molecular weight is 262 g/mol. The van der Waals surface area contributed by atoms with Crippen LogP contribution in [0.25, 0.3) is 22.2 Å². The van der Waals surface area contributed by atoms with Crippen LogP contribution in [-0.4, -0.2) is 15.9 Å². The van der Waals surface area contributed by atoms with Gasteiger partial charge in [0.05, 0.1) is 29.0 Å². The van der Waals surface area contributed by atoms with Gasteiger partial charge in [-0.2, -0.15) is 5.26 Å². The van der Waals surface area contributed by atoms with Gasteiger partial charge in [0, 0.05) is 5.56 Å². The smallest absolute Gasteiger partial charge is 0.248 e. The number of nitrogens with two attached hydrogens (primary N) is 1. The standard InChI is InChI=1S/C15H10N4O/c16-7-11-5-10(15(17)20)1-3-12(11)9-2-4-13-14(6-9)19-8-18-13/h1-6,8H,(H2,17,20)(H,18,19).